The van der Waals surface area contributed by atoms with Crippen LogP contribution in [0.3, 0.4) is 0 Å². The predicted octanol–water partition coefficient (Wildman–Crippen LogP) is 2.88. The number of nitrogens with one attached hydrogen (secondary N) is 1. The van der Waals surface area contributed by atoms with Gasteiger partial charge in [-0.2, -0.15) is 0 Å². The Kier molecular flexibility index (Phi) is 6.13. The Morgan fingerprint density at radius 2 is 1.76 bits per heavy atom. The Morgan fingerprint density at radius 3 is 2.44 bits per heavy atom. The second-order valence-electron chi connectivity index (χ2n) is 9.62. The first-order valence-corrected chi connectivity index (χ1v) is 12.1. The zero-order valence-corrected chi connectivity index (χ0v) is 19.5. The molecule has 2 saturated heterocycles. The van der Waals surface area contributed by atoms with Gasteiger partial charge >= 0.3 is 0 Å². The molecular weight excluding hydrogens is 430 g/mol. The highest BCUT2D eigenvalue weighted by Gasteiger charge is 2.54. The first kappa shape index (κ1) is 22.6. The third-order valence-corrected chi connectivity index (χ3v) is 7.14. The summed E-state index contributed by atoms with van der Waals surface area (Å²) >= 11 is 0. The van der Waals surface area contributed by atoms with Gasteiger partial charge < -0.3 is 15.0 Å². The lowest BCUT2D eigenvalue weighted by molar-refractivity contribution is -0.144. The highest BCUT2D eigenvalue weighted by atomic mass is 16.5. The first-order chi connectivity index (χ1) is 16.5. The van der Waals surface area contributed by atoms with Crippen LogP contribution in [0.5, 0.6) is 0 Å². The summed E-state index contributed by atoms with van der Waals surface area (Å²) in [6.45, 7) is 3.55. The van der Waals surface area contributed by atoms with Crippen molar-refractivity contribution >= 4 is 17.7 Å². The summed E-state index contributed by atoms with van der Waals surface area (Å²) in [5.41, 5.74) is 1.64. The summed E-state index contributed by atoms with van der Waals surface area (Å²) in [5, 5.41) is 2.98. The number of carbonyl (C=O) groups excluding carboxylic acids is 3. The van der Waals surface area contributed by atoms with Crippen LogP contribution in [0.1, 0.15) is 47.2 Å². The third-order valence-electron chi connectivity index (χ3n) is 7.14. The first-order valence-electron chi connectivity index (χ1n) is 12.1. The summed E-state index contributed by atoms with van der Waals surface area (Å²) in [4.78, 5) is 43.2. The highest BCUT2D eigenvalue weighted by Crippen LogP contribution is 2.40. The molecule has 3 fully saturated rings. The Morgan fingerprint density at radius 1 is 1.03 bits per heavy atom. The zero-order chi connectivity index (χ0) is 23.7. The molecule has 1 saturated carbocycles. The maximum Gasteiger partial charge on any atom is 0.256 e. The van der Waals surface area contributed by atoms with Gasteiger partial charge in [-0.15, -0.1) is 0 Å². The SMILES string of the molecule is Cc1cccc(C(=O)N2[C@@H](C(=O)NCc3ccccc3)COC23CCN(C(=O)C2CC2)CC3)c1. The topological polar surface area (TPSA) is 79.0 Å². The van der Waals surface area contributed by atoms with E-state index in [9.17, 15) is 14.4 Å². The Balaban J connectivity index is 1.37. The van der Waals surface area contributed by atoms with E-state index in [1.807, 2.05) is 60.4 Å². The van der Waals surface area contributed by atoms with Crippen LogP contribution in [0.4, 0.5) is 0 Å². The molecule has 2 aliphatic heterocycles. The van der Waals surface area contributed by atoms with Gasteiger partial charge in [-0.05, 0) is 37.5 Å². The van der Waals surface area contributed by atoms with Crippen LogP contribution in [0.2, 0.25) is 0 Å². The molecule has 1 spiro atoms. The van der Waals surface area contributed by atoms with Crippen molar-refractivity contribution in [3.8, 4) is 0 Å². The third kappa shape index (κ3) is 4.44. The maximum atomic E-state index is 13.8. The largest absolute Gasteiger partial charge is 0.353 e. The number of rotatable bonds is 5. The molecule has 3 amide bonds. The van der Waals surface area contributed by atoms with Gasteiger partial charge in [-0.3, -0.25) is 19.3 Å². The summed E-state index contributed by atoms with van der Waals surface area (Å²) < 4.78 is 6.26. The number of hydrogen-bond donors (Lipinski definition) is 1. The van der Waals surface area contributed by atoms with E-state index in [1.165, 1.54) is 0 Å². The molecule has 1 atom stereocenters. The van der Waals surface area contributed by atoms with E-state index in [-0.39, 0.29) is 30.2 Å². The number of amides is 3. The van der Waals surface area contributed by atoms with E-state index in [0.29, 0.717) is 38.0 Å². The minimum atomic E-state index is -0.879. The Hall–Kier alpha value is -3.19. The summed E-state index contributed by atoms with van der Waals surface area (Å²) in [6, 6.07) is 16.4. The molecule has 2 aromatic carbocycles. The highest BCUT2D eigenvalue weighted by molar-refractivity contribution is 5.98. The number of carbonyl (C=O) groups is 3. The van der Waals surface area contributed by atoms with Crippen LogP contribution in [0, 0.1) is 12.8 Å². The van der Waals surface area contributed by atoms with Gasteiger partial charge in [0.1, 0.15) is 11.8 Å². The number of hydrogen-bond acceptors (Lipinski definition) is 4. The van der Waals surface area contributed by atoms with Gasteiger partial charge in [0.25, 0.3) is 5.91 Å². The molecule has 178 valence electrons. The maximum absolute atomic E-state index is 13.8. The predicted molar refractivity (Wildman–Crippen MR) is 127 cm³/mol. The standard InChI is InChI=1S/C27H31N3O4/c1-19-6-5-9-22(16-19)26(33)30-23(24(31)28-17-20-7-3-2-4-8-20)18-34-27(30)12-14-29(15-13-27)25(32)21-10-11-21/h2-9,16,21,23H,10-15,17-18H2,1H3,(H,28,31)/t23-/m1/s1. The lowest BCUT2D eigenvalue weighted by Crippen LogP contribution is -2.59. The zero-order valence-electron chi connectivity index (χ0n) is 19.5. The van der Waals surface area contributed by atoms with Gasteiger partial charge in [0.05, 0.1) is 6.61 Å². The summed E-state index contributed by atoms with van der Waals surface area (Å²) in [7, 11) is 0. The van der Waals surface area contributed by atoms with E-state index in [2.05, 4.69) is 5.32 Å². The van der Waals surface area contributed by atoms with Crippen LogP contribution in [-0.2, 0) is 20.9 Å². The van der Waals surface area contributed by atoms with Crippen LogP contribution in [-0.4, -0.2) is 59.0 Å². The fourth-order valence-electron chi connectivity index (χ4n) is 5.05. The Bertz CT molecular complexity index is 1070. The molecule has 0 unspecified atom stereocenters. The quantitative estimate of drug-likeness (QED) is 0.743. The fourth-order valence-corrected chi connectivity index (χ4v) is 5.05. The number of ether oxygens (including phenoxy) is 1. The summed E-state index contributed by atoms with van der Waals surface area (Å²) in [6.07, 6.45) is 2.95. The molecule has 2 aromatic rings. The molecule has 0 radical (unpaired) electrons. The van der Waals surface area contributed by atoms with Crippen molar-refractivity contribution in [2.45, 2.75) is 50.9 Å². The minimum Gasteiger partial charge on any atom is -0.353 e. The molecule has 1 aliphatic carbocycles. The smallest absolute Gasteiger partial charge is 0.256 e. The van der Waals surface area contributed by atoms with E-state index < -0.39 is 11.8 Å². The van der Waals surface area contributed by atoms with Gasteiger partial charge in [0.15, 0.2) is 0 Å². The number of piperidine rings is 1. The number of benzene rings is 2. The van der Waals surface area contributed by atoms with Crippen molar-refractivity contribution in [2.75, 3.05) is 19.7 Å². The molecule has 1 N–H and O–H groups in total. The molecule has 7 nitrogen and oxygen atoms in total. The lowest BCUT2D eigenvalue weighted by Gasteiger charge is -2.44. The average Bonchev–Trinajstić information content (AvgIpc) is 3.65. The molecule has 5 rings (SSSR count). The van der Waals surface area contributed by atoms with E-state index in [1.54, 1.807) is 11.0 Å². The molecule has 3 aliphatic rings. The van der Waals surface area contributed by atoms with Crippen LogP contribution in [0.15, 0.2) is 54.6 Å². The molecule has 7 heteroatoms. The van der Waals surface area contributed by atoms with E-state index >= 15 is 0 Å². The van der Waals surface area contributed by atoms with Gasteiger partial charge in [-0.1, -0.05) is 48.0 Å². The molecule has 0 bridgehead atoms. The summed E-state index contributed by atoms with van der Waals surface area (Å²) in [5.74, 6) is -0.0529. The normalized spacial score (nSPS) is 21.5. The molecule has 34 heavy (non-hydrogen) atoms. The fraction of sp³-hybridized carbons (Fsp3) is 0.444. The van der Waals surface area contributed by atoms with E-state index in [0.717, 1.165) is 24.0 Å². The van der Waals surface area contributed by atoms with E-state index in [4.69, 9.17) is 4.74 Å². The van der Waals surface area contributed by atoms with Gasteiger partial charge in [-0.25, -0.2) is 0 Å². The van der Waals surface area contributed by atoms with Crippen LogP contribution >= 0.6 is 0 Å². The molecule has 2 heterocycles. The van der Waals surface area contributed by atoms with Crippen molar-refractivity contribution in [2.24, 2.45) is 5.92 Å². The van der Waals surface area contributed by atoms with Crippen LogP contribution < -0.4 is 5.32 Å². The van der Waals surface area contributed by atoms with Gasteiger partial charge in [0.2, 0.25) is 11.8 Å². The minimum absolute atomic E-state index is 0.148. The lowest BCUT2D eigenvalue weighted by atomic mass is 9.96. The van der Waals surface area contributed by atoms with Crippen molar-refractivity contribution in [3.63, 3.8) is 0 Å². The second-order valence-corrected chi connectivity index (χ2v) is 9.62. The Labute approximate surface area is 200 Å². The monoisotopic (exact) mass is 461 g/mol. The molecular formula is C27H31N3O4. The van der Waals surface area contributed by atoms with Crippen molar-refractivity contribution in [3.05, 3.63) is 71.3 Å². The van der Waals surface area contributed by atoms with Crippen molar-refractivity contribution in [1.29, 1.82) is 0 Å². The number of aryl methyl sites for hydroxylation is 1. The van der Waals surface area contributed by atoms with Crippen molar-refractivity contribution < 1.29 is 19.1 Å². The number of nitrogens with zero attached hydrogens (tertiary/aromatic N) is 2. The van der Waals surface area contributed by atoms with Gasteiger partial charge in [0, 0.05) is 44.0 Å². The number of likely N-dealkylation sites (tertiary alicyclic amines) is 1. The van der Waals surface area contributed by atoms with Crippen LogP contribution in [0.25, 0.3) is 0 Å². The van der Waals surface area contributed by atoms with Crippen molar-refractivity contribution in [1.82, 2.24) is 15.1 Å². The average molecular weight is 462 g/mol. The second kappa shape index (κ2) is 9.22. The molecule has 0 aromatic heterocycles.